The topological polar surface area (TPSA) is 12.5 Å². The summed E-state index contributed by atoms with van der Waals surface area (Å²) in [5.74, 6) is 1.63. The number of ether oxygens (including phenoxy) is 1. The summed E-state index contributed by atoms with van der Waals surface area (Å²) < 4.78 is 6.47. The van der Waals surface area contributed by atoms with Crippen molar-refractivity contribution in [1.29, 1.82) is 0 Å². The summed E-state index contributed by atoms with van der Waals surface area (Å²) in [6, 6.07) is 10.6. The Bertz CT molecular complexity index is 501. The zero-order chi connectivity index (χ0) is 13.8. The Morgan fingerprint density at radius 3 is 2.75 bits per heavy atom. The Hall–Kier alpha value is -0.860. The predicted octanol–water partition coefficient (Wildman–Crippen LogP) is 3.47. The van der Waals surface area contributed by atoms with Gasteiger partial charge in [0.2, 0.25) is 0 Å². The molecule has 2 heteroatoms. The van der Waals surface area contributed by atoms with Crippen LogP contribution in [-0.4, -0.2) is 29.1 Å². The molecular weight excluding hydrogens is 246 g/mol. The summed E-state index contributed by atoms with van der Waals surface area (Å²) in [6.45, 7) is 8.01. The molecule has 1 aliphatic carbocycles. The smallest absolute Gasteiger partial charge is 0.0831 e. The molecule has 0 amide bonds. The lowest BCUT2D eigenvalue weighted by molar-refractivity contribution is -0.0667. The van der Waals surface area contributed by atoms with Crippen molar-refractivity contribution in [3.8, 4) is 0 Å². The van der Waals surface area contributed by atoms with Crippen LogP contribution in [0, 0.1) is 11.8 Å². The lowest BCUT2D eigenvalue weighted by Crippen LogP contribution is -2.43. The SMILES string of the molecule is C[C@@]12[C@H]3CC[C@@H]1[C@](C)(OCc1ccccc1)CN2CC3. The fraction of sp³-hybridized carbons (Fsp3) is 0.667. The van der Waals surface area contributed by atoms with Crippen molar-refractivity contribution in [2.45, 2.75) is 50.9 Å². The van der Waals surface area contributed by atoms with Crippen LogP contribution in [0.25, 0.3) is 0 Å². The highest BCUT2D eigenvalue weighted by Gasteiger charge is 2.65. The monoisotopic (exact) mass is 271 g/mol. The third-order valence-electron chi connectivity index (χ3n) is 6.42. The van der Waals surface area contributed by atoms with Gasteiger partial charge in [0, 0.05) is 18.0 Å². The van der Waals surface area contributed by atoms with E-state index in [1.54, 1.807) is 0 Å². The van der Waals surface area contributed by atoms with Crippen LogP contribution >= 0.6 is 0 Å². The third kappa shape index (κ3) is 1.64. The third-order valence-corrected chi connectivity index (χ3v) is 6.42. The molecule has 0 aromatic heterocycles. The first-order chi connectivity index (χ1) is 9.63. The first-order valence-electron chi connectivity index (χ1n) is 8.06. The fourth-order valence-corrected chi connectivity index (χ4v) is 5.34. The number of benzene rings is 1. The van der Waals surface area contributed by atoms with E-state index in [1.165, 1.54) is 31.4 Å². The maximum Gasteiger partial charge on any atom is 0.0831 e. The van der Waals surface area contributed by atoms with Crippen molar-refractivity contribution in [3.63, 3.8) is 0 Å². The van der Waals surface area contributed by atoms with Gasteiger partial charge in [0.1, 0.15) is 0 Å². The maximum atomic E-state index is 6.47. The Morgan fingerprint density at radius 2 is 1.95 bits per heavy atom. The van der Waals surface area contributed by atoms with Gasteiger partial charge in [-0.1, -0.05) is 30.3 Å². The van der Waals surface area contributed by atoms with Gasteiger partial charge >= 0.3 is 0 Å². The van der Waals surface area contributed by atoms with Crippen LogP contribution in [0.3, 0.4) is 0 Å². The Morgan fingerprint density at radius 1 is 1.15 bits per heavy atom. The van der Waals surface area contributed by atoms with Gasteiger partial charge in [0.05, 0.1) is 12.2 Å². The van der Waals surface area contributed by atoms with Gasteiger partial charge < -0.3 is 4.74 Å². The molecule has 4 rings (SSSR count). The minimum absolute atomic E-state index is 0.0414. The highest BCUT2D eigenvalue weighted by molar-refractivity contribution is 5.19. The molecule has 0 spiro atoms. The van der Waals surface area contributed by atoms with Crippen molar-refractivity contribution >= 4 is 0 Å². The van der Waals surface area contributed by atoms with E-state index in [0.717, 1.165) is 19.1 Å². The van der Waals surface area contributed by atoms with Crippen molar-refractivity contribution in [2.24, 2.45) is 11.8 Å². The quantitative estimate of drug-likeness (QED) is 0.834. The zero-order valence-corrected chi connectivity index (χ0v) is 12.6. The van der Waals surface area contributed by atoms with Crippen molar-refractivity contribution in [1.82, 2.24) is 4.90 Å². The number of rotatable bonds is 3. The molecule has 2 saturated heterocycles. The van der Waals surface area contributed by atoms with E-state index in [0.29, 0.717) is 11.5 Å². The molecule has 0 bridgehead atoms. The summed E-state index contributed by atoms with van der Waals surface area (Å²) in [4.78, 5) is 2.72. The highest BCUT2D eigenvalue weighted by Crippen LogP contribution is 2.59. The normalized spacial score (nSPS) is 43.1. The first-order valence-corrected chi connectivity index (χ1v) is 8.06. The van der Waals surface area contributed by atoms with E-state index in [-0.39, 0.29) is 5.60 Å². The molecule has 20 heavy (non-hydrogen) atoms. The fourth-order valence-electron chi connectivity index (χ4n) is 5.34. The van der Waals surface area contributed by atoms with Crippen molar-refractivity contribution < 1.29 is 4.74 Å². The summed E-state index contributed by atoms with van der Waals surface area (Å²) in [5.41, 5.74) is 1.76. The molecule has 2 nitrogen and oxygen atoms in total. The molecule has 4 atom stereocenters. The molecule has 1 saturated carbocycles. The average molecular weight is 271 g/mol. The van der Waals surface area contributed by atoms with Gasteiger partial charge in [-0.15, -0.1) is 0 Å². The second-order valence-electron chi connectivity index (χ2n) is 7.35. The molecule has 1 aromatic rings. The summed E-state index contributed by atoms with van der Waals surface area (Å²) >= 11 is 0. The molecule has 2 aliphatic heterocycles. The lowest BCUT2D eigenvalue weighted by atomic mass is 9.79. The van der Waals surface area contributed by atoms with Gasteiger partial charge in [-0.2, -0.15) is 0 Å². The van der Waals surface area contributed by atoms with E-state index in [9.17, 15) is 0 Å². The Balaban J connectivity index is 1.54. The molecular formula is C18H25NO. The first kappa shape index (κ1) is 12.8. The summed E-state index contributed by atoms with van der Waals surface area (Å²) in [7, 11) is 0. The number of hydrogen-bond donors (Lipinski definition) is 0. The van der Waals surface area contributed by atoms with E-state index in [2.05, 4.69) is 49.1 Å². The largest absolute Gasteiger partial charge is 0.369 e. The molecule has 3 aliphatic rings. The molecule has 0 unspecified atom stereocenters. The lowest BCUT2D eigenvalue weighted by Gasteiger charge is -2.35. The minimum atomic E-state index is 0.0414. The summed E-state index contributed by atoms with van der Waals surface area (Å²) in [6.07, 6.45) is 4.16. The second-order valence-corrected chi connectivity index (χ2v) is 7.35. The van der Waals surface area contributed by atoms with Crippen molar-refractivity contribution in [2.75, 3.05) is 13.1 Å². The Kier molecular flexibility index (Phi) is 2.77. The molecule has 2 heterocycles. The van der Waals surface area contributed by atoms with Gasteiger partial charge in [-0.3, -0.25) is 4.90 Å². The molecule has 3 fully saturated rings. The summed E-state index contributed by atoms with van der Waals surface area (Å²) in [5, 5.41) is 0. The van der Waals surface area contributed by atoms with Gasteiger partial charge in [0.25, 0.3) is 0 Å². The van der Waals surface area contributed by atoms with Crippen LogP contribution < -0.4 is 0 Å². The van der Waals surface area contributed by atoms with E-state index in [1.807, 2.05) is 0 Å². The highest BCUT2D eigenvalue weighted by atomic mass is 16.5. The molecule has 0 N–H and O–H groups in total. The van der Waals surface area contributed by atoms with Crippen LogP contribution in [0.15, 0.2) is 30.3 Å². The van der Waals surface area contributed by atoms with Crippen LogP contribution in [-0.2, 0) is 11.3 Å². The van der Waals surface area contributed by atoms with Gasteiger partial charge in [-0.25, -0.2) is 0 Å². The minimum Gasteiger partial charge on any atom is -0.369 e. The van der Waals surface area contributed by atoms with Gasteiger partial charge in [-0.05, 0) is 51.1 Å². The maximum absolute atomic E-state index is 6.47. The van der Waals surface area contributed by atoms with Crippen LogP contribution in [0.1, 0.15) is 38.7 Å². The van der Waals surface area contributed by atoms with Crippen molar-refractivity contribution in [3.05, 3.63) is 35.9 Å². The number of hydrogen-bond acceptors (Lipinski definition) is 2. The standard InChI is InChI=1S/C18H25NO/c1-17(20-12-14-6-4-3-5-7-14)13-19-11-10-15-8-9-16(17)18(15,19)2/h3-7,15-16H,8-13H2,1-2H3/t15-,16+,17+,18+/m0/s1. The average Bonchev–Trinajstić information content (AvgIpc) is 3.02. The molecule has 0 radical (unpaired) electrons. The van der Waals surface area contributed by atoms with Crippen LogP contribution in [0.2, 0.25) is 0 Å². The number of nitrogens with zero attached hydrogens (tertiary/aromatic N) is 1. The van der Waals surface area contributed by atoms with E-state index < -0.39 is 0 Å². The Labute approximate surface area is 122 Å². The van der Waals surface area contributed by atoms with E-state index >= 15 is 0 Å². The van der Waals surface area contributed by atoms with Crippen LogP contribution in [0.5, 0.6) is 0 Å². The molecule has 1 aromatic carbocycles. The van der Waals surface area contributed by atoms with E-state index in [4.69, 9.17) is 4.74 Å². The second kappa shape index (κ2) is 4.32. The van der Waals surface area contributed by atoms with Gasteiger partial charge in [0.15, 0.2) is 0 Å². The van der Waals surface area contributed by atoms with Crippen LogP contribution in [0.4, 0.5) is 0 Å². The zero-order valence-electron chi connectivity index (χ0n) is 12.6. The molecule has 108 valence electrons. The predicted molar refractivity (Wildman–Crippen MR) is 80.4 cm³/mol.